The Morgan fingerprint density at radius 1 is 1.52 bits per heavy atom. The van der Waals surface area contributed by atoms with E-state index < -0.39 is 6.09 Å². The zero-order valence-corrected chi connectivity index (χ0v) is 12.2. The molecule has 0 spiro atoms. The summed E-state index contributed by atoms with van der Waals surface area (Å²) < 4.78 is 10.4. The smallest absolute Gasteiger partial charge is 0.407 e. The molecule has 1 atom stereocenters. The first-order chi connectivity index (χ1) is 10.1. The molecule has 1 aromatic heterocycles. The van der Waals surface area contributed by atoms with Gasteiger partial charge in [0.15, 0.2) is 0 Å². The van der Waals surface area contributed by atoms with Crippen LogP contribution in [0.1, 0.15) is 0 Å². The molecule has 3 N–H and O–H groups in total. The van der Waals surface area contributed by atoms with Crippen molar-refractivity contribution in [3.8, 4) is 5.75 Å². The van der Waals surface area contributed by atoms with Gasteiger partial charge in [-0.05, 0) is 0 Å². The van der Waals surface area contributed by atoms with Crippen LogP contribution in [0.2, 0.25) is 0 Å². The highest BCUT2D eigenvalue weighted by atomic mass is 16.5. The molecule has 2 heterocycles. The van der Waals surface area contributed by atoms with Crippen LogP contribution >= 0.6 is 0 Å². The number of hydrogen-bond acceptors (Lipinski definition) is 6. The number of carbonyl (C=O) groups is 1. The molecule has 1 saturated heterocycles. The van der Waals surface area contributed by atoms with E-state index in [1.807, 2.05) is 4.90 Å². The Balaban J connectivity index is 2.20. The Bertz CT molecular complexity index is 511. The van der Waals surface area contributed by atoms with Crippen LogP contribution in [-0.2, 0) is 4.74 Å². The number of carboxylic acid groups (broad SMARTS) is 1. The molecule has 0 aliphatic carbocycles. The average Bonchev–Trinajstić information content (AvgIpc) is 2.47. The molecule has 8 nitrogen and oxygen atoms in total. The zero-order chi connectivity index (χ0) is 15.4. The summed E-state index contributed by atoms with van der Waals surface area (Å²) in [4.78, 5) is 18.8. The first-order valence-electron chi connectivity index (χ1n) is 6.59. The summed E-state index contributed by atoms with van der Waals surface area (Å²) in [7, 11) is 3.13. The van der Waals surface area contributed by atoms with Crippen LogP contribution in [0.5, 0.6) is 5.75 Å². The molecule has 0 aromatic carbocycles. The third-order valence-electron chi connectivity index (χ3n) is 3.52. The van der Waals surface area contributed by atoms with Crippen LogP contribution in [0.25, 0.3) is 0 Å². The van der Waals surface area contributed by atoms with Crippen molar-refractivity contribution in [3.63, 3.8) is 0 Å². The summed E-state index contributed by atoms with van der Waals surface area (Å²) in [6.07, 6.45) is 0.716. The van der Waals surface area contributed by atoms with Crippen molar-refractivity contribution in [2.45, 2.75) is 6.04 Å². The third kappa shape index (κ3) is 3.27. The molecule has 2 rings (SSSR count). The summed E-state index contributed by atoms with van der Waals surface area (Å²) in [5.41, 5.74) is 6.46. The fourth-order valence-electron chi connectivity index (χ4n) is 2.51. The Hall–Kier alpha value is -2.22. The normalized spacial score (nSPS) is 18.7. The van der Waals surface area contributed by atoms with Gasteiger partial charge in [0.25, 0.3) is 0 Å². The summed E-state index contributed by atoms with van der Waals surface area (Å²) in [6.45, 7) is 1.82. The van der Waals surface area contributed by atoms with Crippen molar-refractivity contribution >= 4 is 17.6 Å². The quantitative estimate of drug-likeness (QED) is 0.833. The third-order valence-corrected chi connectivity index (χ3v) is 3.52. The van der Waals surface area contributed by atoms with Gasteiger partial charge in [0, 0.05) is 32.8 Å². The Labute approximate surface area is 123 Å². The molecule has 1 aliphatic heterocycles. The molecule has 1 aromatic rings. The predicted molar refractivity (Wildman–Crippen MR) is 77.8 cm³/mol. The second-order valence-corrected chi connectivity index (χ2v) is 4.81. The molecule has 8 heteroatoms. The van der Waals surface area contributed by atoms with Gasteiger partial charge in [-0.2, -0.15) is 0 Å². The maximum Gasteiger partial charge on any atom is 0.407 e. The van der Waals surface area contributed by atoms with E-state index in [0.29, 0.717) is 37.8 Å². The number of hydrogen-bond donors (Lipinski definition) is 2. The molecule has 1 fully saturated rings. The van der Waals surface area contributed by atoms with Gasteiger partial charge in [0.05, 0.1) is 31.6 Å². The predicted octanol–water partition coefficient (Wildman–Crippen LogP) is 0.487. The Kier molecular flexibility index (Phi) is 4.69. The number of nitrogens with two attached hydrogens (primary N) is 1. The van der Waals surface area contributed by atoms with Crippen molar-refractivity contribution in [2.24, 2.45) is 0 Å². The molecule has 21 heavy (non-hydrogen) atoms. The maximum atomic E-state index is 11.2. The van der Waals surface area contributed by atoms with Crippen LogP contribution in [0, 0.1) is 0 Å². The average molecular weight is 296 g/mol. The lowest BCUT2D eigenvalue weighted by atomic mass is 10.1. The van der Waals surface area contributed by atoms with Gasteiger partial charge in [0.1, 0.15) is 11.6 Å². The van der Waals surface area contributed by atoms with E-state index in [2.05, 4.69) is 4.98 Å². The SMILES string of the molecule is COCC1CN(c2cnc(N)cc2OC)CCN1C(=O)O. The first-order valence-corrected chi connectivity index (χ1v) is 6.59. The molecule has 1 aliphatic rings. The highest BCUT2D eigenvalue weighted by Crippen LogP contribution is 2.30. The van der Waals surface area contributed by atoms with E-state index in [4.69, 9.17) is 15.2 Å². The summed E-state index contributed by atoms with van der Waals surface area (Å²) in [6, 6.07) is 1.42. The number of piperazine rings is 1. The highest BCUT2D eigenvalue weighted by molar-refractivity contribution is 5.67. The standard InChI is InChI=1S/C13H20N4O4/c1-20-8-9-7-16(3-4-17(9)13(18)19)10-6-15-12(14)5-11(10)21-2/h5-6,9H,3-4,7-8H2,1-2H3,(H2,14,15)(H,18,19). The van der Waals surface area contributed by atoms with E-state index >= 15 is 0 Å². The summed E-state index contributed by atoms with van der Waals surface area (Å²) >= 11 is 0. The molecule has 0 bridgehead atoms. The number of nitrogens with zero attached hydrogens (tertiary/aromatic N) is 3. The van der Waals surface area contributed by atoms with Crippen LogP contribution in [-0.4, -0.2) is 67.6 Å². The van der Waals surface area contributed by atoms with Gasteiger partial charge >= 0.3 is 6.09 Å². The summed E-state index contributed by atoms with van der Waals surface area (Å²) in [5.74, 6) is 1.01. The molecular formula is C13H20N4O4. The van der Waals surface area contributed by atoms with Crippen molar-refractivity contribution < 1.29 is 19.4 Å². The molecule has 116 valence electrons. The largest absolute Gasteiger partial charge is 0.494 e. The number of anilines is 2. The van der Waals surface area contributed by atoms with Crippen LogP contribution < -0.4 is 15.4 Å². The van der Waals surface area contributed by atoms with E-state index in [-0.39, 0.29) is 6.04 Å². The molecule has 1 amide bonds. The fourth-order valence-corrected chi connectivity index (χ4v) is 2.51. The summed E-state index contributed by atoms with van der Waals surface area (Å²) in [5, 5.41) is 9.23. The molecule has 1 unspecified atom stereocenters. The fraction of sp³-hybridized carbons (Fsp3) is 0.538. The lowest BCUT2D eigenvalue weighted by Crippen LogP contribution is -2.56. The minimum Gasteiger partial charge on any atom is -0.494 e. The minimum atomic E-state index is -0.931. The highest BCUT2D eigenvalue weighted by Gasteiger charge is 2.31. The van der Waals surface area contributed by atoms with E-state index in [1.54, 1.807) is 26.5 Å². The monoisotopic (exact) mass is 296 g/mol. The second kappa shape index (κ2) is 6.49. The van der Waals surface area contributed by atoms with Crippen molar-refractivity contribution in [1.29, 1.82) is 0 Å². The van der Waals surface area contributed by atoms with Crippen LogP contribution in [0.3, 0.4) is 0 Å². The molecule has 0 saturated carbocycles. The van der Waals surface area contributed by atoms with Gasteiger partial charge < -0.3 is 25.2 Å². The Morgan fingerprint density at radius 2 is 2.29 bits per heavy atom. The number of ether oxygens (including phenoxy) is 2. The number of rotatable bonds is 4. The van der Waals surface area contributed by atoms with Gasteiger partial charge in [-0.25, -0.2) is 9.78 Å². The van der Waals surface area contributed by atoms with Crippen molar-refractivity contribution in [3.05, 3.63) is 12.3 Å². The second-order valence-electron chi connectivity index (χ2n) is 4.81. The minimum absolute atomic E-state index is 0.233. The molecular weight excluding hydrogens is 276 g/mol. The number of amides is 1. The van der Waals surface area contributed by atoms with E-state index in [0.717, 1.165) is 5.69 Å². The van der Waals surface area contributed by atoms with E-state index in [9.17, 15) is 9.90 Å². The number of nitrogen functional groups attached to an aromatic ring is 1. The van der Waals surface area contributed by atoms with Crippen LogP contribution in [0.15, 0.2) is 12.3 Å². The first kappa shape index (κ1) is 15.2. The van der Waals surface area contributed by atoms with Gasteiger partial charge in [0.2, 0.25) is 0 Å². The number of aromatic nitrogens is 1. The lowest BCUT2D eigenvalue weighted by molar-refractivity contribution is 0.0736. The van der Waals surface area contributed by atoms with Gasteiger partial charge in [-0.15, -0.1) is 0 Å². The van der Waals surface area contributed by atoms with Gasteiger partial charge in [-0.1, -0.05) is 0 Å². The Morgan fingerprint density at radius 3 is 2.90 bits per heavy atom. The topological polar surface area (TPSA) is 101 Å². The number of methoxy groups -OCH3 is 2. The van der Waals surface area contributed by atoms with Crippen LogP contribution in [0.4, 0.5) is 16.3 Å². The van der Waals surface area contributed by atoms with Gasteiger partial charge in [-0.3, -0.25) is 4.90 Å². The van der Waals surface area contributed by atoms with E-state index in [1.165, 1.54) is 4.90 Å². The molecule has 0 radical (unpaired) electrons. The lowest BCUT2D eigenvalue weighted by Gasteiger charge is -2.40. The van der Waals surface area contributed by atoms with Crippen molar-refractivity contribution in [1.82, 2.24) is 9.88 Å². The number of pyridine rings is 1. The van der Waals surface area contributed by atoms with Crippen molar-refractivity contribution in [2.75, 3.05) is 51.1 Å². The maximum absolute atomic E-state index is 11.2. The zero-order valence-electron chi connectivity index (χ0n) is 12.2.